The van der Waals surface area contributed by atoms with Crippen molar-refractivity contribution in [1.82, 2.24) is 4.90 Å². The zero-order chi connectivity index (χ0) is 15.7. The van der Waals surface area contributed by atoms with Gasteiger partial charge in [0.1, 0.15) is 0 Å². The number of hydrogen-bond acceptors (Lipinski definition) is 2. The molecule has 0 unspecified atom stereocenters. The van der Waals surface area contributed by atoms with Crippen molar-refractivity contribution in [3.8, 4) is 0 Å². The molecule has 0 spiro atoms. The van der Waals surface area contributed by atoms with Crippen LogP contribution in [-0.4, -0.2) is 30.9 Å². The van der Waals surface area contributed by atoms with Gasteiger partial charge >= 0.3 is 0 Å². The molecule has 1 heterocycles. The van der Waals surface area contributed by atoms with Gasteiger partial charge < -0.3 is 4.90 Å². The predicted molar refractivity (Wildman–Crippen MR) is 99.8 cm³/mol. The predicted octanol–water partition coefficient (Wildman–Crippen LogP) is 5.98. The van der Waals surface area contributed by atoms with Crippen molar-refractivity contribution in [1.29, 1.82) is 0 Å². The first-order chi connectivity index (χ1) is 10.9. The van der Waals surface area contributed by atoms with Gasteiger partial charge in [-0.15, -0.1) is 0 Å². The van der Waals surface area contributed by atoms with E-state index in [9.17, 15) is 0 Å². The van der Waals surface area contributed by atoms with E-state index >= 15 is 0 Å². The summed E-state index contributed by atoms with van der Waals surface area (Å²) in [5.41, 5.74) is 0. The molecule has 22 heavy (non-hydrogen) atoms. The van der Waals surface area contributed by atoms with E-state index in [0.717, 1.165) is 13.1 Å². The Morgan fingerprint density at radius 1 is 0.818 bits per heavy atom. The number of unbranched alkanes of at least 4 members (excludes halogenated alkanes) is 11. The van der Waals surface area contributed by atoms with Crippen LogP contribution in [-0.2, 0) is 0 Å². The standard InChI is InChI=1S/C20H38N2/c1-2-3-4-5-6-7-8-9-10-11-12-13-14-15-16-18-22-19-17-21-20-22/h9-10,20H,2-8,11-19H2,1H3/b10-9+. The summed E-state index contributed by atoms with van der Waals surface area (Å²) in [6, 6.07) is 0. The highest BCUT2D eigenvalue weighted by atomic mass is 15.2. The molecule has 2 nitrogen and oxygen atoms in total. The number of allylic oxidation sites excluding steroid dienone is 2. The quantitative estimate of drug-likeness (QED) is 0.268. The Labute approximate surface area is 139 Å². The summed E-state index contributed by atoms with van der Waals surface area (Å²) in [7, 11) is 0. The van der Waals surface area contributed by atoms with Crippen LogP contribution >= 0.6 is 0 Å². The molecule has 0 aliphatic carbocycles. The fourth-order valence-corrected chi connectivity index (χ4v) is 2.97. The van der Waals surface area contributed by atoms with E-state index in [0.29, 0.717) is 0 Å². The summed E-state index contributed by atoms with van der Waals surface area (Å²) in [6.45, 7) is 5.64. The fraction of sp³-hybridized carbons (Fsp3) is 0.850. The van der Waals surface area contributed by atoms with Crippen LogP contribution in [0.25, 0.3) is 0 Å². The van der Waals surface area contributed by atoms with Crippen molar-refractivity contribution in [2.75, 3.05) is 19.6 Å². The van der Waals surface area contributed by atoms with E-state index in [2.05, 4.69) is 29.0 Å². The molecule has 1 aliphatic heterocycles. The van der Waals surface area contributed by atoms with E-state index in [4.69, 9.17) is 0 Å². The Balaban J connectivity index is 1.71. The van der Waals surface area contributed by atoms with Gasteiger partial charge in [-0.2, -0.15) is 0 Å². The van der Waals surface area contributed by atoms with Gasteiger partial charge in [-0.3, -0.25) is 4.99 Å². The van der Waals surface area contributed by atoms with Gasteiger partial charge in [0.2, 0.25) is 0 Å². The minimum Gasteiger partial charge on any atom is -0.361 e. The molecular weight excluding hydrogens is 268 g/mol. The molecule has 2 heteroatoms. The Morgan fingerprint density at radius 2 is 1.41 bits per heavy atom. The molecule has 0 aromatic heterocycles. The second-order valence-corrected chi connectivity index (χ2v) is 6.64. The Bertz CT molecular complexity index is 283. The summed E-state index contributed by atoms with van der Waals surface area (Å²) in [5, 5.41) is 0. The summed E-state index contributed by atoms with van der Waals surface area (Å²) in [5.74, 6) is 0. The largest absolute Gasteiger partial charge is 0.361 e. The summed E-state index contributed by atoms with van der Waals surface area (Å²) in [6.07, 6.45) is 24.8. The average Bonchev–Trinajstić information content (AvgIpc) is 3.04. The molecule has 0 aromatic carbocycles. The number of nitrogens with zero attached hydrogens (tertiary/aromatic N) is 2. The number of hydrogen-bond donors (Lipinski definition) is 0. The molecule has 0 saturated heterocycles. The molecule has 1 rings (SSSR count). The van der Waals surface area contributed by atoms with Crippen molar-refractivity contribution in [2.24, 2.45) is 4.99 Å². The zero-order valence-electron chi connectivity index (χ0n) is 14.9. The third-order valence-corrected chi connectivity index (χ3v) is 4.47. The van der Waals surface area contributed by atoms with E-state index in [-0.39, 0.29) is 0 Å². The fourth-order valence-electron chi connectivity index (χ4n) is 2.97. The molecular formula is C20H38N2. The van der Waals surface area contributed by atoms with Crippen LogP contribution in [0.2, 0.25) is 0 Å². The first-order valence-electron chi connectivity index (χ1n) is 9.82. The maximum absolute atomic E-state index is 4.25. The van der Waals surface area contributed by atoms with Gasteiger partial charge in [-0.05, 0) is 32.1 Å². The molecule has 0 amide bonds. The van der Waals surface area contributed by atoms with Gasteiger partial charge in [0.25, 0.3) is 0 Å². The van der Waals surface area contributed by atoms with Crippen molar-refractivity contribution < 1.29 is 0 Å². The summed E-state index contributed by atoms with van der Waals surface area (Å²) in [4.78, 5) is 6.60. The molecule has 0 saturated carbocycles. The molecule has 0 aromatic rings. The van der Waals surface area contributed by atoms with Crippen molar-refractivity contribution in [3.05, 3.63) is 12.2 Å². The maximum atomic E-state index is 4.25. The lowest BCUT2D eigenvalue weighted by Gasteiger charge is -2.12. The number of aliphatic imine (C=N–C) groups is 1. The third kappa shape index (κ3) is 11.8. The SMILES string of the molecule is CCCCCCCC/C=C/CCCCCCCN1C=NCC1. The van der Waals surface area contributed by atoms with Gasteiger partial charge in [0.15, 0.2) is 0 Å². The topological polar surface area (TPSA) is 15.6 Å². The lowest BCUT2D eigenvalue weighted by atomic mass is 10.1. The maximum Gasteiger partial charge on any atom is 0.0851 e. The number of rotatable bonds is 15. The summed E-state index contributed by atoms with van der Waals surface area (Å²) < 4.78 is 0. The van der Waals surface area contributed by atoms with E-state index < -0.39 is 0 Å². The second-order valence-electron chi connectivity index (χ2n) is 6.64. The molecule has 0 radical (unpaired) electrons. The first-order valence-corrected chi connectivity index (χ1v) is 9.82. The van der Waals surface area contributed by atoms with Gasteiger partial charge in [0.05, 0.1) is 12.9 Å². The molecule has 0 fully saturated rings. The van der Waals surface area contributed by atoms with Crippen molar-refractivity contribution in [3.63, 3.8) is 0 Å². The van der Waals surface area contributed by atoms with Crippen LogP contribution in [0.1, 0.15) is 90.4 Å². The first kappa shape index (κ1) is 19.3. The Morgan fingerprint density at radius 3 is 2.00 bits per heavy atom. The molecule has 1 aliphatic rings. The van der Waals surface area contributed by atoms with Crippen LogP contribution in [0.4, 0.5) is 0 Å². The lowest BCUT2D eigenvalue weighted by molar-refractivity contribution is 0.440. The highest BCUT2D eigenvalue weighted by molar-refractivity contribution is 5.56. The molecule has 128 valence electrons. The second kappa shape index (κ2) is 15.1. The van der Waals surface area contributed by atoms with Gasteiger partial charge in [-0.25, -0.2) is 0 Å². The van der Waals surface area contributed by atoms with E-state index in [1.54, 1.807) is 0 Å². The van der Waals surface area contributed by atoms with Crippen LogP contribution < -0.4 is 0 Å². The Hall–Kier alpha value is -0.790. The van der Waals surface area contributed by atoms with Crippen LogP contribution in [0.3, 0.4) is 0 Å². The normalized spacial score (nSPS) is 14.5. The minimum absolute atomic E-state index is 1.01. The van der Waals surface area contributed by atoms with E-state index in [1.807, 2.05) is 6.34 Å². The smallest absolute Gasteiger partial charge is 0.0851 e. The minimum atomic E-state index is 1.01. The molecule has 0 atom stereocenters. The molecule has 0 N–H and O–H groups in total. The van der Waals surface area contributed by atoms with Crippen LogP contribution in [0.5, 0.6) is 0 Å². The lowest BCUT2D eigenvalue weighted by Crippen LogP contribution is -2.20. The zero-order valence-corrected chi connectivity index (χ0v) is 14.9. The third-order valence-electron chi connectivity index (χ3n) is 4.47. The van der Waals surface area contributed by atoms with Gasteiger partial charge in [-0.1, -0.05) is 70.4 Å². The average molecular weight is 307 g/mol. The highest BCUT2D eigenvalue weighted by Crippen LogP contribution is 2.09. The van der Waals surface area contributed by atoms with Gasteiger partial charge in [0, 0.05) is 13.1 Å². The van der Waals surface area contributed by atoms with Crippen LogP contribution in [0, 0.1) is 0 Å². The molecule has 0 bridgehead atoms. The van der Waals surface area contributed by atoms with E-state index in [1.165, 1.54) is 90.0 Å². The van der Waals surface area contributed by atoms with Crippen molar-refractivity contribution >= 4 is 6.34 Å². The monoisotopic (exact) mass is 306 g/mol. The van der Waals surface area contributed by atoms with Crippen molar-refractivity contribution in [2.45, 2.75) is 90.4 Å². The highest BCUT2D eigenvalue weighted by Gasteiger charge is 2.03. The summed E-state index contributed by atoms with van der Waals surface area (Å²) >= 11 is 0. The van der Waals surface area contributed by atoms with Crippen LogP contribution in [0.15, 0.2) is 17.1 Å². The Kier molecular flexibility index (Phi) is 13.2.